The Morgan fingerprint density at radius 2 is 2.40 bits per heavy atom. The molecular formula is C11H13FN2O. The maximum atomic E-state index is 13.0. The van der Waals surface area contributed by atoms with Gasteiger partial charge in [-0.25, -0.2) is 4.98 Å². The van der Waals surface area contributed by atoms with Crippen LogP contribution in [-0.2, 0) is 0 Å². The van der Waals surface area contributed by atoms with Gasteiger partial charge in [-0.1, -0.05) is 12.2 Å². The Hall–Kier alpha value is -1.55. The molecule has 0 bridgehead atoms. The van der Waals surface area contributed by atoms with E-state index in [2.05, 4.69) is 10.3 Å². The van der Waals surface area contributed by atoms with E-state index < -0.39 is 5.95 Å². The van der Waals surface area contributed by atoms with Gasteiger partial charge >= 0.3 is 0 Å². The molecule has 0 fully saturated rings. The van der Waals surface area contributed by atoms with Gasteiger partial charge in [-0.05, 0) is 31.6 Å². The number of halogens is 1. The van der Waals surface area contributed by atoms with Gasteiger partial charge in [0, 0.05) is 6.20 Å². The molecule has 1 N–H and O–H groups in total. The molecule has 0 radical (unpaired) electrons. The number of carbonyl (C=O) groups is 1. The monoisotopic (exact) mass is 208 g/mol. The lowest BCUT2D eigenvalue weighted by molar-refractivity contribution is 0.111. The predicted molar refractivity (Wildman–Crippen MR) is 57.2 cm³/mol. The Balaban J connectivity index is 2.80. The number of rotatable bonds is 5. The van der Waals surface area contributed by atoms with E-state index in [1.807, 2.05) is 13.1 Å². The Labute approximate surface area is 88.0 Å². The van der Waals surface area contributed by atoms with Crippen LogP contribution in [-0.4, -0.2) is 24.9 Å². The van der Waals surface area contributed by atoms with Crippen molar-refractivity contribution in [3.8, 4) is 0 Å². The summed E-state index contributed by atoms with van der Waals surface area (Å²) in [6.07, 6.45) is 6.28. The fourth-order valence-corrected chi connectivity index (χ4v) is 1.16. The number of hydrogen-bond donors (Lipinski definition) is 1. The van der Waals surface area contributed by atoms with Gasteiger partial charge in [-0.15, -0.1) is 0 Å². The molecule has 0 aromatic carbocycles. The minimum absolute atomic E-state index is 0.0122. The van der Waals surface area contributed by atoms with Gasteiger partial charge in [0.1, 0.15) is 0 Å². The zero-order valence-corrected chi connectivity index (χ0v) is 8.53. The average Bonchev–Trinajstić information content (AvgIpc) is 2.24. The van der Waals surface area contributed by atoms with Crippen LogP contribution in [0.2, 0.25) is 0 Å². The molecule has 0 aliphatic carbocycles. The Kier molecular flexibility index (Phi) is 4.63. The number of aldehydes is 1. The molecule has 0 aliphatic heterocycles. The number of carbonyl (C=O) groups excluding carboxylic acids is 1. The highest BCUT2D eigenvalue weighted by Crippen LogP contribution is 2.10. The second kappa shape index (κ2) is 6.03. The predicted octanol–water partition coefficient (Wildman–Crippen LogP) is 1.66. The van der Waals surface area contributed by atoms with Crippen molar-refractivity contribution in [1.29, 1.82) is 0 Å². The summed E-state index contributed by atoms with van der Waals surface area (Å²) in [4.78, 5) is 14.0. The van der Waals surface area contributed by atoms with Crippen LogP contribution < -0.4 is 5.32 Å². The van der Waals surface area contributed by atoms with Gasteiger partial charge in [0.05, 0.1) is 5.56 Å². The van der Waals surface area contributed by atoms with Crippen molar-refractivity contribution in [3.05, 3.63) is 35.4 Å². The third kappa shape index (κ3) is 3.25. The molecule has 4 heteroatoms. The number of nitrogens with one attached hydrogen (secondary N) is 1. The van der Waals surface area contributed by atoms with Gasteiger partial charge in [-0.2, -0.15) is 4.39 Å². The lowest BCUT2D eigenvalue weighted by Crippen LogP contribution is -2.05. The fraction of sp³-hybridized carbons (Fsp3) is 0.273. The summed E-state index contributed by atoms with van der Waals surface area (Å²) in [5.74, 6) is -0.722. The summed E-state index contributed by atoms with van der Waals surface area (Å²) in [6, 6.07) is 1.61. The number of aromatic nitrogens is 1. The second-order valence-electron chi connectivity index (χ2n) is 3.02. The van der Waals surface area contributed by atoms with Gasteiger partial charge in [0.2, 0.25) is 5.95 Å². The highest BCUT2D eigenvalue weighted by Gasteiger charge is 2.05. The molecule has 0 spiro atoms. The van der Waals surface area contributed by atoms with Crippen molar-refractivity contribution in [2.24, 2.45) is 0 Å². The lowest BCUT2D eigenvalue weighted by atomic mass is 10.1. The first-order chi connectivity index (χ1) is 7.29. The van der Waals surface area contributed by atoms with E-state index in [9.17, 15) is 9.18 Å². The molecule has 1 aromatic heterocycles. The van der Waals surface area contributed by atoms with Crippen molar-refractivity contribution in [3.63, 3.8) is 0 Å². The fourth-order valence-electron chi connectivity index (χ4n) is 1.16. The smallest absolute Gasteiger partial charge is 0.224 e. The molecule has 1 rings (SSSR count). The van der Waals surface area contributed by atoms with Crippen molar-refractivity contribution >= 4 is 12.4 Å². The molecule has 80 valence electrons. The van der Waals surface area contributed by atoms with Crippen LogP contribution in [0.1, 0.15) is 22.3 Å². The second-order valence-corrected chi connectivity index (χ2v) is 3.02. The van der Waals surface area contributed by atoms with E-state index in [1.165, 1.54) is 6.20 Å². The van der Waals surface area contributed by atoms with Crippen molar-refractivity contribution < 1.29 is 9.18 Å². The highest BCUT2D eigenvalue weighted by atomic mass is 19.1. The van der Waals surface area contributed by atoms with Crippen LogP contribution in [0.4, 0.5) is 4.39 Å². The third-order valence-corrected chi connectivity index (χ3v) is 1.95. The van der Waals surface area contributed by atoms with Crippen LogP contribution in [0.5, 0.6) is 0 Å². The van der Waals surface area contributed by atoms with Crippen molar-refractivity contribution in [2.75, 3.05) is 13.6 Å². The maximum Gasteiger partial charge on any atom is 0.224 e. The first-order valence-corrected chi connectivity index (χ1v) is 4.70. The molecule has 0 saturated heterocycles. The number of nitrogens with zero attached hydrogens (tertiary/aromatic N) is 1. The zero-order valence-electron chi connectivity index (χ0n) is 8.53. The molecule has 0 aliphatic rings. The van der Waals surface area contributed by atoms with E-state index in [-0.39, 0.29) is 5.56 Å². The van der Waals surface area contributed by atoms with E-state index in [1.54, 1.807) is 12.1 Å². The van der Waals surface area contributed by atoms with Gasteiger partial charge in [0.15, 0.2) is 6.29 Å². The van der Waals surface area contributed by atoms with Gasteiger partial charge < -0.3 is 5.32 Å². The van der Waals surface area contributed by atoms with Crippen LogP contribution in [0, 0.1) is 5.95 Å². The summed E-state index contributed by atoms with van der Waals surface area (Å²) in [5.41, 5.74) is 0.576. The maximum absolute atomic E-state index is 13.0. The van der Waals surface area contributed by atoms with E-state index in [0.29, 0.717) is 11.8 Å². The SMILES string of the molecule is CNCCC=Cc1ccnc(F)c1C=O. The third-order valence-electron chi connectivity index (χ3n) is 1.95. The zero-order chi connectivity index (χ0) is 11.1. The minimum Gasteiger partial charge on any atom is -0.319 e. The van der Waals surface area contributed by atoms with Gasteiger partial charge in [-0.3, -0.25) is 4.79 Å². The number of pyridine rings is 1. The molecule has 0 unspecified atom stereocenters. The molecule has 0 saturated carbocycles. The van der Waals surface area contributed by atoms with Crippen molar-refractivity contribution in [2.45, 2.75) is 6.42 Å². The Bertz CT molecular complexity index is 364. The lowest BCUT2D eigenvalue weighted by Gasteiger charge is -1.98. The molecule has 15 heavy (non-hydrogen) atoms. The van der Waals surface area contributed by atoms with E-state index in [0.717, 1.165) is 13.0 Å². The van der Waals surface area contributed by atoms with Crippen LogP contribution in [0.15, 0.2) is 18.3 Å². The number of hydrogen-bond acceptors (Lipinski definition) is 3. The normalized spacial score (nSPS) is 10.8. The summed E-state index contributed by atoms with van der Waals surface area (Å²) in [7, 11) is 1.86. The molecule has 0 atom stereocenters. The summed E-state index contributed by atoms with van der Waals surface area (Å²) in [6.45, 7) is 0.848. The molecule has 1 heterocycles. The molecular weight excluding hydrogens is 195 g/mol. The van der Waals surface area contributed by atoms with Gasteiger partial charge in [0.25, 0.3) is 0 Å². The average molecular weight is 208 g/mol. The van der Waals surface area contributed by atoms with E-state index in [4.69, 9.17) is 0 Å². The summed E-state index contributed by atoms with van der Waals surface area (Å²) in [5, 5.41) is 2.99. The van der Waals surface area contributed by atoms with Crippen LogP contribution in [0.3, 0.4) is 0 Å². The first-order valence-electron chi connectivity index (χ1n) is 4.70. The van der Waals surface area contributed by atoms with Crippen LogP contribution >= 0.6 is 0 Å². The Morgan fingerprint density at radius 3 is 3.07 bits per heavy atom. The van der Waals surface area contributed by atoms with Crippen LogP contribution in [0.25, 0.3) is 6.08 Å². The summed E-state index contributed by atoms with van der Waals surface area (Å²) >= 11 is 0. The standard InChI is InChI=1S/C11H13FN2O/c1-13-6-3-2-4-9-5-7-14-11(12)10(9)8-15/h2,4-5,7-8,13H,3,6H2,1H3. The largest absolute Gasteiger partial charge is 0.319 e. The topological polar surface area (TPSA) is 42.0 Å². The quantitative estimate of drug-likeness (QED) is 0.454. The molecule has 1 aromatic rings. The minimum atomic E-state index is -0.722. The molecule has 0 amide bonds. The van der Waals surface area contributed by atoms with Crippen molar-refractivity contribution in [1.82, 2.24) is 10.3 Å². The summed E-state index contributed by atoms with van der Waals surface area (Å²) < 4.78 is 13.0. The van der Waals surface area contributed by atoms with E-state index >= 15 is 0 Å². The highest BCUT2D eigenvalue weighted by molar-refractivity contribution is 5.81. The Morgan fingerprint density at radius 1 is 1.60 bits per heavy atom. The first kappa shape index (κ1) is 11.5. The molecule has 3 nitrogen and oxygen atoms in total.